The number of sulfonamides is 1. The van der Waals surface area contributed by atoms with Gasteiger partial charge in [0.15, 0.2) is 0 Å². The zero-order chi connectivity index (χ0) is 18.0. The van der Waals surface area contributed by atoms with Gasteiger partial charge < -0.3 is 14.5 Å². The van der Waals surface area contributed by atoms with E-state index in [0.29, 0.717) is 39.2 Å². The van der Waals surface area contributed by atoms with Crippen LogP contribution >= 0.6 is 0 Å². The maximum absolute atomic E-state index is 12.0. The van der Waals surface area contributed by atoms with Gasteiger partial charge in [-0.15, -0.1) is 0 Å². The predicted molar refractivity (Wildman–Crippen MR) is 97.4 cm³/mol. The summed E-state index contributed by atoms with van der Waals surface area (Å²) in [4.78, 5) is 16.0. The highest BCUT2D eigenvalue weighted by molar-refractivity contribution is 7.88. The zero-order valence-electron chi connectivity index (χ0n) is 14.8. The Morgan fingerprint density at radius 1 is 1.12 bits per heavy atom. The van der Waals surface area contributed by atoms with Crippen LogP contribution in [0, 0.1) is 0 Å². The number of hydrogen-bond donors (Lipinski definition) is 0. The van der Waals surface area contributed by atoms with Crippen molar-refractivity contribution >= 4 is 27.3 Å². The second-order valence-corrected chi connectivity index (χ2v) is 8.53. The van der Waals surface area contributed by atoms with E-state index in [1.54, 1.807) is 7.11 Å². The van der Waals surface area contributed by atoms with E-state index >= 15 is 0 Å². The van der Waals surface area contributed by atoms with Gasteiger partial charge in [0.05, 0.1) is 12.9 Å². The molecule has 0 radical (unpaired) electrons. The summed E-state index contributed by atoms with van der Waals surface area (Å²) in [5.41, 5.74) is 2.98. The lowest BCUT2D eigenvalue weighted by atomic mass is 10.1. The van der Waals surface area contributed by atoms with E-state index in [1.807, 2.05) is 23.1 Å². The summed E-state index contributed by atoms with van der Waals surface area (Å²) < 4.78 is 30.2. The van der Waals surface area contributed by atoms with Crippen molar-refractivity contribution in [2.24, 2.45) is 0 Å². The van der Waals surface area contributed by atoms with Crippen LogP contribution in [0.2, 0.25) is 0 Å². The molecule has 0 aromatic heterocycles. The Morgan fingerprint density at radius 2 is 1.84 bits per heavy atom. The third-order valence-corrected chi connectivity index (χ3v) is 6.10. The molecule has 2 aliphatic rings. The van der Waals surface area contributed by atoms with E-state index in [-0.39, 0.29) is 5.91 Å². The Hall–Kier alpha value is -1.64. The molecule has 138 valence electrons. The van der Waals surface area contributed by atoms with Crippen molar-refractivity contribution in [1.82, 2.24) is 4.31 Å². The van der Waals surface area contributed by atoms with Crippen molar-refractivity contribution in [3.05, 3.63) is 23.8 Å². The molecule has 0 atom stereocenters. The molecular formula is C17H25N3O4S. The van der Waals surface area contributed by atoms with Gasteiger partial charge in [-0.1, -0.05) is 0 Å². The number of methoxy groups -OCH3 is 1. The van der Waals surface area contributed by atoms with Gasteiger partial charge in [0.1, 0.15) is 0 Å². The quantitative estimate of drug-likeness (QED) is 0.778. The van der Waals surface area contributed by atoms with Crippen LogP contribution in [0.5, 0.6) is 0 Å². The van der Waals surface area contributed by atoms with E-state index in [9.17, 15) is 13.2 Å². The highest BCUT2D eigenvalue weighted by Gasteiger charge is 2.26. The molecule has 0 N–H and O–H groups in total. The number of nitrogens with zero attached hydrogens (tertiary/aromatic N) is 3. The first-order valence-electron chi connectivity index (χ1n) is 8.52. The summed E-state index contributed by atoms with van der Waals surface area (Å²) in [5.74, 6) is 0.165. The van der Waals surface area contributed by atoms with Crippen LogP contribution in [0.3, 0.4) is 0 Å². The van der Waals surface area contributed by atoms with Gasteiger partial charge in [-0.2, -0.15) is 4.31 Å². The van der Waals surface area contributed by atoms with E-state index in [1.165, 1.54) is 10.6 Å². The van der Waals surface area contributed by atoms with Gasteiger partial charge >= 0.3 is 0 Å². The van der Waals surface area contributed by atoms with Crippen LogP contribution in [0.25, 0.3) is 0 Å². The number of benzene rings is 1. The summed E-state index contributed by atoms with van der Waals surface area (Å²) in [7, 11) is -1.49. The fraction of sp³-hybridized carbons (Fsp3) is 0.588. The average molecular weight is 367 g/mol. The number of rotatable bonds is 5. The van der Waals surface area contributed by atoms with Gasteiger partial charge in [-0.25, -0.2) is 8.42 Å². The number of anilines is 2. The van der Waals surface area contributed by atoms with E-state index in [2.05, 4.69) is 4.90 Å². The number of piperazine rings is 1. The molecule has 2 saturated heterocycles. The monoisotopic (exact) mass is 367 g/mol. The summed E-state index contributed by atoms with van der Waals surface area (Å²) in [5, 5.41) is 0. The number of amides is 1. The van der Waals surface area contributed by atoms with Gasteiger partial charge in [0.25, 0.3) is 0 Å². The van der Waals surface area contributed by atoms with Crippen molar-refractivity contribution in [3.63, 3.8) is 0 Å². The molecule has 8 heteroatoms. The third kappa shape index (κ3) is 3.96. The molecule has 2 aliphatic heterocycles. The van der Waals surface area contributed by atoms with Gasteiger partial charge in [-0.3, -0.25) is 4.79 Å². The Kier molecular flexibility index (Phi) is 5.31. The van der Waals surface area contributed by atoms with Crippen LogP contribution in [0.4, 0.5) is 11.4 Å². The fourth-order valence-corrected chi connectivity index (χ4v) is 4.33. The Balaban J connectivity index is 1.80. The number of carbonyl (C=O) groups excluding carboxylic acids is 1. The number of ether oxygens (including phenoxy) is 1. The zero-order valence-corrected chi connectivity index (χ0v) is 15.6. The second-order valence-electron chi connectivity index (χ2n) is 6.54. The molecule has 0 aliphatic carbocycles. The summed E-state index contributed by atoms with van der Waals surface area (Å²) >= 11 is 0. The SMILES string of the molecule is COCc1cc(N2CCCC2=O)ccc1N1CCN(S(C)(=O)=O)CC1. The Labute approximate surface area is 149 Å². The van der Waals surface area contributed by atoms with Crippen LogP contribution in [-0.4, -0.2) is 64.7 Å². The van der Waals surface area contributed by atoms with Crippen molar-refractivity contribution in [2.45, 2.75) is 19.4 Å². The standard InChI is InChI=1S/C17H25N3O4S/c1-24-13-14-12-15(20-7-3-4-17(20)21)5-6-16(14)18-8-10-19(11-9-18)25(2,22)23/h5-6,12H,3-4,7-11,13H2,1-2H3. The van der Waals surface area contributed by atoms with Crippen LogP contribution < -0.4 is 9.80 Å². The molecule has 25 heavy (non-hydrogen) atoms. The molecule has 0 unspecified atom stereocenters. The topological polar surface area (TPSA) is 70.2 Å². The molecule has 1 aromatic rings. The lowest BCUT2D eigenvalue weighted by Crippen LogP contribution is -2.48. The molecule has 3 rings (SSSR count). The molecule has 2 heterocycles. The number of hydrogen-bond acceptors (Lipinski definition) is 5. The molecule has 0 spiro atoms. The molecule has 1 amide bonds. The molecule has 2 fully saturated rings. The highest BCUT2D eigenvalue weighted by Crippen LogP contribution is 2.30. The number of carbonyl (C=O) groups is 1. The largest absolute Gasteiger partial charge is 0.380 e. The molecule has 0 saturated carbocycles. The first kappa shape index (κ1) is 18.2. The maximum atomic E-state index is 12.0. The third-order valence-electron chi connectivity index (χ3n) is 4.80. The molecular weight excluding hydrogens is 342 g/mol. The first-order chi connectivity index (χ1) is 11.9. The second kappa shape index (κ2) is 7.31. The van der Waals surface area contributed by atoms with Crippen molar-refractivity contribution < 1.29 is 17.9 Å². The Morgan fingerprint density at radius 3 is 2.40 bits per heavy atom. The maximum Gasteiger partial charge on any atom is 0.227 e. The van der Waals surface area contributed by atoms with E-state index in [0.717, 1.165) is 29.9 Å². The average Bonchev–Trinajstić information content (AvgIpc) is 3.00. The normalized spacial score (nSPS) is 19.7. The fourth-order valence-electron chi connectivity index (χ4n) is 3.50. The van der Waals surface area contributed by atoms with Crippen LogP contribution in [0.15, 0.2) is 18.2 Å². The van der Waals surface area contributed by atoms with E-state index in [4.69, 9.17) is 4.74 Å². The van der Waals surface area contributed by atoms with Gasteiger partial charge in [0.2, 0.25) is 15.9 Å². The lowest BCUT2D eigenvalue weighted by molar-refractivity contribution is -0.117. The van der Waals surface area contributed by atoms with Crippen molar-refractivity contribution in [1.29, 1.82) is 0 Å². The van der Waals surface area contributed by atoms with Gasteiger partial charge in [-0.05, 0) is 24.6 Å². The van der Waals surface area contributed by atoms with Crippen molar-refractivity contribution in [2.75, 3.05) is 55.9 Å². The summed E-state index contributed by atoms with van der Waals surface area (Å²) in [6.07, 6.45) is 2.75. The highest BCUT2D eigenvalue weighted by atomic mass is 32.2. The lowest BCUT2D eigenvalue weighted by Gasteiger charge is -2.36. The molecule has 7 nitrogen and oxygen atoms in total. The summed E-state index contributed by atoms with van der Waals surface area (Å²) in [6, 6.07) is 6.01. The van der Waals surface area contributed by atoms with Gasteiger partial charge in [0, 0.05) is 63.2 Å². The molecule has 1 aromatic carbocycles. The van der Waals surface area contributed by atoms with Crippen molar-refractivity contribution in [3.8, 4) is 0 Å². The smallest absolute Gasteiger partial charge is 0.227 e. The van der Waals surface area contributed by atoms with Crippen LogP contribution in [-0.2, 0) is 26.2 Å². The minimum absolute atomic E-state index is 0.165. The Bertz CT molecular complexity index is 742. The minimum Gasteiger partial charge on any atom is -0.380 e. The minimum atomic E-state index is -3.14. The predicted octanol–water partition coefficient (Wildman–Crippen LogP) is 1.04. The summed E-state index contributed by atoms with van der Waals surface area (Å²) in [6.45, 7) is 3.47. The molecule has 0 bridgehead atoms. The van der Waals surface area contributed by atoms with Crippen LogP contribution in [0.1, 0.15) is 18.4 Å². The van der Waals surface area contributed by atoms with E-state index < -0.39 is 10.0 Å². The first-order valence-corrected chi connectivity index (χ1v) is 10.4.